The molecule has 2 aromatic rings. The highest BCUT2D eigenvalue weighted by Gasteiger charge is 2.06. The summed E-state index contributed by atoms with van der Waals surface area (Å²) >= 11 is 0. The van der Waals surface area contributed by atoms with Gasteiger partial charge in [0.05, 0.1) is 0 Å². The van der Waals surface area contributed by atoms with Gasteiger partial charge in [0.1, 0.15) is 5.75 Å². The molecule has 1 N–H and O–H groups in total. The Balaban J connectivity index is 1.87. The van der Waals surface area contributed by atoms with Gasteiger partial charge in [-0.15, -0.1) is 0 Å². The van der Waals surface area contributed by atoms with Gasteiger partial charge in [-0.2, -0.15) is 4.98 Å². The minimum absolute atomic E-state index is 0.295. The van der Waals surface area contributed by atoms with Gasteiger partial charge in [-0.25, -0.2) is 0 Å². The lowest BCUT2D eigenvalue weighted by Gasteiger charge is -2.14. The molecule has 5 nitrogen and oxygen atoms in total. The number of aryl methyl sites for hydroxylation is 1. The molecule has 0 radical (unpaired) electrons. The van der Waals surface area contributed by atoms with Crippen LogP contribution in [0.25, 0.3) is 0 Å². The van der Waals surface area contributed by atoms with Gasteiger partial charge in [0, 0.05) is 6.04 Å². The molecule has 0 aliphatic heterocycles. The number of nitrogens with zero attached hydrogens (tertiary/aromatic N) is 2. The fourth-order valence-electron chi connectivity index (χ4n) is 1.88. The second-order valence-corrected chi connectivity index (χ2v) is 4.77. The van der Waals surface area contributed by atoms with Crippen LogP contribution in [-0.4, -0.2) is 16.7 Å². The fraction of sp³-hybridized carbons (Fsp3) is 0.467. The topological polar surface area (TPSA) is 60.2 Å². The van der Waals surface area contributed by atoms with E-state index in [1.807, 2.05) is 12.1 Å². The van der Waals surface area contributed by atoms with Crippen LogP contribution in [0.15, 0.2) is 28.8 Å². The second kappa shape index (κ2) is 7.05. The number of ether oxygens (including phenoxy) is 1. The second-order valence-electron chi connectivity index (χ2n) is 4.77. The zero-order valence-electron chi connectivity index (χ0n) is 12.2. The Morgan fingerprint density at radius 1 is 1.30 bits per heavy atom. The average molecular weight is 275 g/mol. The molecule has 1 aromatic carbocycles. The first-order valence-corrected chi connectivity index (χ1v) is 6.94. The van der Waals surface area contributed by atoms with Crippen molar-refractivity contribution in [2.75, 3.05) is 6.54 Å². The molecule has 0 spiro atoms. The van der Waals surface area contributed by atoms with Crippen molar-refractivity contribution in [1.29, 1.82) is 0 Å². The molecule has 0 aliphatic rings. The van der Waals surface area contributed by atoms with Crippen LogP contribution in [0.5, 0.6) is 5.75 Å². The first-order valence-electron chi connectivity index (χ1n) is 6.94. The summed E-state index contributed by atoms with van der Waals surface area (Å²) in [6.45, 7) is 7.43. The summed E-state index contributed by atoms with van der Waals surface area (Å²) in [6.07, 6.45) is 1.13. The van der Waals surface area contributed by atoms with Gasteiger partial charge in [0.25, 0.3) is 5.89 Å². The van der Waals surface area contributed by atoms with E-state index < -0.39 is 0 Å². The van der Waals surface area contributed by atoms with Crippen molar-refractivity contribution in [1.82, 2.24) is 15.5 Å². The third-order valence-corrected chi connectivity index (χ3v) is 3.01. The van der Waals surface area contributed by atoms with Crippen molar-refractivity contribution in [3.05, 3.63) is 41.5 Å². The molecule has 0 aliphatic carbocycles. The molecule has 1 aromatic heterocycles. The molecule has 1 atom stereocenters. The summed E-state index contributed by atoms with van der Waals surface area (Å²) in [5.41, 5.74) is 1.25. The quantitative estimate of drug-likeness (QED) is 0.841. The van der Waals surface area contributed by atoms with Crippen molar-refractivity contribution in [3.63, 3.8) is 0 Å². The lowest BCUT2D eigenvalue weighted by atomic mass is 10.1. The molecule has 0 fully saturated rings. The highest BCUT2D eigenvalue weighted by atomic mass is 16.5. The summed E-state index contributed by atoms with van der Waals surface area (Å²) in [7, 11) is 0. The number of hydrogen-bond donors (Lipinski definition) is 1. The molecule has 108 valence electrons. The van der Waals surface area contributed by atoms with Crippen LogP contribution < -0.4 is 10.1 Å². The van der Waals surface area contributed by atoms with Crippen LogP contribution in [0, 0.1) is 6.92 Å². The van der Waals surface area contributed by atoms with Crippen molar-refractivity contribution in [2.24, 2.45) is 0 Å². The number of aromatic nitrogens is 2. The van der Waals surface area contributed by atoms with E-state index >= 15 is 0 Å². The molecule has 0 bridgehead atoms. The maximum absolute atomic E-state index is 5.60. The predicted octanol–water partition coefficient (Wildman–Crippen LogP) is 3.02. The maximum Gasteiger partial charge on any atom is 0.264 e. The van der Waals surface area contributed by atoms with Crippen molar-refractivity contribution in [3.8, 4) is 5.75 Å². The van der Waals surface area contributed by atoms with Crippen molar-refractivity contribution >= 4 is 0 Å². The Morgan fingerprint density at radius 2 is 2.05 bits per heavy atom. The fourth-order valence-corrected chi connectivity index (χ4v) is 1.88. The Labute approximate surface area is 119 Å². The molecule has 2 rings (SSSR count). The third kappa shape index (κ3) is 4.06. The van der Waals surface area contributed by atoms with Crippen LogP contribution in [0.4, 0.5) is 0 Å². The molecule has 5 heteroatoms. The minimum Gasteiger partial charge on any atom is -0.484 e. The minimum atomic E-state index is 0.295. The predicted molar refractivity (Wildman–Crippen MR) is 76.5 cm³/mol. The van der Waals surface area contributed by atoms with Gasteiger partial charge in [0.2, 0.25) is 0 Å². The van der Waals surface area contributed by atoms with E-state index in [2.05, 4.69) is 41.4 Å². The van der Waals surface area contributed by atoms with Gasteiger partial charge >= 0.3 is 0 Å². The number of hydrogen-bond acceptors (Lipinski definition) is 5. The number of rotatable bonds is 7. The normalized spacial score (nSPS) is 12.3. The Hall–Kier alpha value is -1.88. The monoisotopic (exact) mass is 275 g/mol. The Bertz CT molecular complexity index is 522. The summed E-state index contributed by atoms with van der Waals surface area (Å²) in [5.74, 6) is 1.91. The number of nitrogens with one attached hydrogen (secondary N) is 1. The van der Waals surface area contributed by atoms with Crippen LogP contribution in [0.1, 0.15) is 43.6 Å². The van der Waals surface area contributed by atoms with E-state index in [1.54, 1.807) is 6.92 Å². The SMILES string of the molecule is CCCNC(C)c1ccc(OCc2nc(C)no2)cc1. The van der Waals surface area contributed by atoms with E-state index in [1.165, 1.54) is 5.56 Å². The van der Waals surface area contributed by atoms with Gasteiger partial charge in [-0.3, -0.25) is 0 Å². The smallest absolute Gasteiger partial charge is 0.264 e. The van der Waals surface area contributed by atoms with Gasteiger partial charge in [-0.05, 0) is 44.5 Å². The van der Waals surface area contributed by atoms with Crippen LogP contribution in [-0.2, 0) is 6.61 Å². The van der Waals surface area contributed by atoms with Crippen molar-refractivity contribution < 1.29 is 9.26 Å². The van der Waals surface area contributed by atoms with E-state index in [0.29, 0.717) is 24.4 Å². The first kappa shape index (κ1) is 14.5. The standard InChI is InChI=1S/C15H21N3O2/c1-4-9-16-11(2)13-5-7-14(8-6-13)19-10-15-17-12(3)18-20-15/h5-8,11,16H,4,9-10H2,1-3H3. The molecular formula is C15H21N3O2. The average Bonchev–Trinajstić information content (AvgIpc) is 2.89. The highest BCUT2D eigenvalue weighted by Crippen LogP contribution is 2.18. The maximum atomic E-state index is 5.60. The van der Waals surface area contributed by atoms with Gasteiger partial charge in [0.15, 0.2) is 12.4 Å². The van der Waals surface area contributed by atoms with E-state index in [9.17, 15) is 0 Å². The summed E-state index contributed by atoms with van der Waals surface area (Å²) in [4.78, 5) is 4.09. The molecule has 0 saturated carbocycles. The molecule has 0 amide bonds. The zero-order valence-corrected chi connectivity index (χ0v) is 12.2. The summed E-state index contributed by atoms with van der Waals surface area (Å²) in [5, 5.41) is 7.17. The zero-order chi connectivity index (χ0) is 14.4. The number of benzene rings is 1. The summed E-state index contributed by atoms with van der Waals surface area (Å²) in [6, 6.07) is 8.41. The van der Waals surface area contributed by atoms with Crippen LogP contribution in [0.2, 0.25) is 0 Å². The van der Waals surface area contributed by atoms with Crippen LogP contribution in [0.3, 0.4) is 0 Å². The molecule has 1 unspecified atom stereocenters. The first-order chi connectivity index (χ1) is 9.69. The highest BCUT2D eigenvalue weighted by molar-refractivity contribution is 5.28. The molecule has 20 heavy (non-hydrogen) atoms. The lowest BCUT2D eigenvalue weighted by Crippen LogP contribution is -2.19. The Kier molecular flexibility index (Phi) is 5.12. The van der Waals surface area contributed by atoms with Crippen LogP contribution >= 0.6 is 0 Å². The summed E-state index contributed by atoms with van der Waals surface area (Å²) < 4.78 is 10.6. The van der Waals surface area contributed by atoms with Gasteiger partial charge in [-0.1, -0.05) is 24.2 Å². The largest absolute Gasteiger partial charge is 0.484 e. The lowest BCUT2D eigenvalue weighted by molar-refractivity contribution is 0.242. The third-order valence-electron chi connectivity index (χ3n) is 3.01. The molecule has 0 saturated heterocycles. The molecular weight excluding hydrogens is 254 g/mol. The molecule has 1 heterocycles. The van der Waals surface area contributed by atoms with Crippen molar-refractivity contribution in [2.45, 2.75) is 39.8 Å². The van der Waals surface area contributed by atoms with E-state index in [0.717, 1.165) is 18.7 Å². The Morgan fingerprint density at radius 3 is 2.65 bits per heavy atom. The van der Waals surface area contributed by atoms with E-state index in [4.69, 9.17) is 9.26 Å². The van der Waals surface area contributed by atoms with E-state index in [-0.39, 0.29) is 0 Å². The van der Waals surface area contributed by atoms with Gasteiger partial charge < -0.3 is 14.6 Å².